The van der Waals surface area contributed by atoms with Gasteiger partial charge in [0, 0.05) is 17.8 Å². The Bertz CT molecular complexity index is 344. The number of ketones is 1. The second-order valence-corrected chi connectivity index (χ2v) is 6.33. The third-order valence-electron chi connectivity index (χ3n) is 4.75. The van der Waals surface area contributed by atoms with Crippen molar-refractivity contribution in [1.29, 1.82) is 0 Å². The minimum atomic E-state index is -0.853. The fourth-order valence-electron chi connectivity index (χ4n) is 2.26. The first-order valence-electron chi connectivity index (χ1n) is 6.94. The van der Waals surface area contributed by atoms with E-state index in [2.05, 4.69) is 13.5 Å². The summed E-state index contributed by atoms with van der Waals surface area (Å²) in [4.78, 5) is 23.4. The lowest BCUT2D eigenvalue weighted by molar-refractivity contribution is -0.141. The highest BCUT2D eigenvalue weighted by molar-refractivity contribution is 5.87. The van der Waals surface area contributed by atoms with Gasteiger partial charge in [-0.1, -0.05) is 47.6 Å². The van der Waals surface area contributed by atoms with Gasteiger partial charge in [-0.05, 0) is 17.8 Å². The van der Waals surface area contributed by atoms with Gasteiger partial charge in [0.1, 0.15) is 5.78 Å². The highest BCUT2D eigenvalue weighted by Gasteiger charge is 2.39. The van der Waals surface area contributed by atoms with E-state index in [9.17, 15) is 9.59 Å². The minimum absolute atomic E-state index is 0.0247. The molecule has 0 aliphatic rings. The molecule has 19 heavy (non-hydrogen) atoms. The molecule has 1 unspecified atom stereocenters. The van der Waals surface area contributed by atoms with Crippen molar-refractivity contribution in [1.82, 2.24) is 0 Å². The molecule has 0 aliphatic carbocycles. The number of carbonyl (C=O) groups is 2. The molecule has 0 amide bonds. The largest absolute Gasteiger partial charge is 0.481 e. The van der Waals surface area contributed by atoms with Crippen molar-refractivity contribution >= 4 is 11.8 Å². The van der Waals surface area contributed by atoms with E-state index in [1.54, 1.807) is 0 Å². The summed E-state index contributed by atoms with van der Waals surface area (Å²) in [6.45, 7) is 15.3. The molecule has 0 aromatic rings. The molecule has 3 nitrogen and oxygen atoms in total. The molecule has 0 fully saturated rings. The van der Waals surface area contributed by atoms with E-state index >= 15 is 0 Å². The van der Waals surface area contributed by atoms with Gasteiger partial charge < -0.3 is 5.11 Å². The second-order valence-electron chi connectivity index (χ2n) is 6.33. The highest BCUT2D eigenvalue weighted by Crippen LogP contribution is 2.36. The molecule has 0 aliphatic heterocycles. The zero-order chi connectivity index (χ0) is 15.4. The quantitative estimate of drug-likeness (QED) is 0.681. The van der Waals surface area contributed by atoms with E-state index in [0.29, 0.717) is 0 Å². The number of rotatable bonds is 8. The van der Waals surface area contributed by atoms with Crippen molar-refractivity contribution in [3.8, 4) is 0 Å². The predicted octanol–water partition coefficient (Wildman–Crippen LogP) is 3.79. The molecule has 3 heteroatoms. The molecule has 0 saturated heterocycles. The monoisotopic (exact) mass is 268 g/mol. The molecule has 0 aromatic heterocycles. The Morgan fingerprint density at radius 2 is 1.68 bits per heavy atom. The van der Waals surface area contributed by atoms with Crippen LogP contribution in [0.25, 0.3) is 0 Å². The maximum absolute atomic E-state index is 12.6. The summed E-state index contributed by atoms with van der Waals surface area (Å²) in [5, 5.41) is 8.88. The normalized spacial score (nSPS) is 18.2. The van der Waals surface area contributed by atoms with E-state index in [1.807, 2.05) is 40.7 Å². The molecule has 1 N–H and O–H groups in total. The summed E-state index contributed by atoms with van der Waals surface area (Å²) in [7, 11) is 0. The third-order valence-corrected chi connectivity index (χ3v) is 4.75. The van der Waals surface area contributed by atoms with Gasteiger partial charge in [0.05, 0.1) is 0 Å². The van der Waals surface area contributed by atoms with Gasteiger partial charge in [0.2, 0.25) is 0 Å². The number of carbonyl (C=O) groups excluding carboxylic acids is 1. The van der Waals surface area contributed by atoms with Crippen LogP contribution in [-0.4, -0.2) is 16.9 Å². The molecule has 0 radical (unpaired) electrons. The van der Waals surface area contributed by atoms with Crippen LogP contribution in [0.5, 0.6) is 0 Å². The van der Waals surface area contributed by atoms with Crippen LogP contribution in [-0.2, 0) is 9.59 Å². The van der Waals surface area contributed by atoms with Crippen molar-refractivity contribution in [3.05, 3.63) is 12.7 Å². The number of carboxylic acid groups (broad SMARTS) is 1. The van der Waals surface area contributed by atoms with Crippen LogP contribution in [0.2, 0.25) is 0 Å². The molecule has 110 valence electrons. The van der Waals surface area contributed by atoms with E-state index in [0.717, 1.165) is 0 Å². The van der Waals surface area contributed by atoms with Crippen molar-refractivity contribution in [2.24, 2.45) is 29.1 Å². The van der Waals surface area contributed by atoms with Crippen molar-refractivity contribution < 1.29 is 14.7 Å². The molecular weight excluding hydrogens is 240 g/mol. The summed E-state index contributed by atoms with van der Waals surface area (Å²) in [6, 6.07) is 0. The first kappa shape index (κ1) is 17.9. The van der Waals surface area contributed by atoms with Gasteiger partial charge in [-0.2, -0.15) is 0 Å². The maximum atomic E-state index is 12.6. The molecule has 0 saturated carbocycles. The van der Waals surface area contributed by atoms with Crippen molar-refractivity contribution in [3.63, 3.8) is 0 Å². The number of allylic oxidation sites excluding steroid dienone is 1. The molecule has 0 spiro atoms. The Kier molecular flexibility index (Phi) is 6.47. The lowest BCUT2D eigenvalue weighted by atomic mass is 9.68. The lowest BCUT2D eigenvalue weighted by Crippen LogP contribution is -2.39. The predicted molar refractivity (Wildman–Crippen MR) is 77.9 cm³/mol. The number of hydrogen-bond acceptors (Lipinski definition) is 2. The molecule has 0 bridgehead atoms. The average molecular weight is 268 g/mol. The zero-order valence-electron chi connectivity index (χ0n) is 13.1. The van der Waals surface area contributed by atoms with Crippen LogP contribution in [0.15, 0.2) is 12.7 Å². The van der Waals surface area contributed by atoms with E-state index in [4.69, 9.17) is 5.11 Å². The first-order chi connectivity index (χ1) is 8.55. The fraction of sp³-hybridized carbons (Fsp3) is 0.750. The van der Waals surface area contributed by atoms with Crippen molar-refractivity contribution in [2.45, 2.75) is 48.0 Å². The Labute approximate surface area is 117 Å². The van der Waals surface area contributed by atoms with Gasteiger partial charge in [0.25, 0.3) is 0 Å². The maximum Gasteiger partial charge on any atom is 0.303 e. The molecule has 4 atom stereocenters. The second kappa shape index (κ2) is 6.88. The first-order valence-corrected chi connectivity index (χ1v) is 6.94. The summed E-state index contributed by atoms with van der Waals surface area (Å²) in [6.07, 6.45) is 1.89. The van der Waals surface area contributed by atoms with Gasteiger partial charge in [-0.3, -0.25) is 9.59 Å². The summed E-state index contributed by atoms with van der Waals surface area (Å²) in [5.41, 5.74) is -0.618. The van der Waals surface area contributed by atoms with Gasteiger partial charge in [-0.25, -0.2) is 0 Å². The van der Waals surface area contributed by atoms with Crippen LogP contribution in [0.3, 0.4) is 0 Å². The molecule has 0 heterocycles. The van der Waals surface area contributed by atoms with Crippen LogP contribution < -0.4 is 0 Å². The smallest absolute Gasteiger partial charge is 0.303 e. The van der Waals surface area contributed by atoms with Gasteiger partial charge >= 0.3 is 5.97 Å². The SMILES string of the molecule is C=C[C@H](C)C(C)[C@@H](C)C(=O)C(C)(C)[C@@H](C)CC(=O)O. The van der Waals surface area contributed by atoms with Gasteiger partial charge in [-0.15, -0.1) is 6.58 Å². The van der Waals surface area contributed by atoms with Crippen LogP contribution in [0, 0.1) is 29.1 Å². The molecule has 0 aromatic carbocycles. The summed E-state index contributed by atoms with van der Waals surface area (Å²) >= 11 is 0. The summed E-state index contributed by atoms with van der Waals surface area (Å²) < 4.78 is 0. The number of hydrogen-bond donors (Lipinski definition) is 1. The fourth-order valence-corrected chi connectivity index (χ4v) is 2.26. The Balaban J connectivity index is 4.96. The lowest BCUT2D eigenvalue weighted by Gasteiger charge is -2.35. The summed E-state index contributed by atoms with van der Waals surface area (Å²) in [5.74, 6) is -0.507. The Hall–Kier alpha value is -1.12. The topological polar surface area (TPSA) is 54.4 Å². The highest BCUT2D eigenvalue weighted by atomic mass is 16.4. The Morgan fingerprint density at radius 1 is 1.21 bits per heavy atom. The van der Waals surface area contributed by atoms with E-state index in [1.165, 1.54) is 0 Å². The number of aliphatic carboxylic acids is 1. The van der Waals surface area contributed by atoms with Crippen LogP contribution >= 0.6 is 0 Å². The Morgan fingerprint density at radius 3 is 2.05 bits per heavy atom. The number of Topliss-reactive ketones (excluding diaryl/α,β-unsaturated/α-hetero) is 1. The molecule has 0 rings (SSSR count). The number of carboxylic acids is 1. The zero-order valence-corrected chi connectivity index (χ0v) is 13.1. The van der Waals surface area contributed by atoms with E-state index < -0.39 is 11.4 Å². The van der Waals surface area contributed by atoms with E-state index in [-0.39, 0.29) is 35.9 Å². The standard InChI is InChI=1S/C16H28O3/c1-8-10(2)12(4)13(5)15(19)16(6,7)11(3)9-14(17)18/h8,10-13H,1,9H2,2-7H3,(H,17,18)/t10-,11-,12?,13+/m0/s1. The van der Waals surface area contributed by atoms with Crippen molar-refractivity contribution in [2.75, 3.05) is 0 Å². The third kappa shape index (κ3) is 4.48. The minimum Gasteiger partial charge on any atom is -0.481 e. The van der Waals surface area contributed by atoms with Crippen LogP contribution in [0.4, 0.5) is 0 Å². The van der Waals surface area contributed by atoms with Crippen LogP contribution in [0.1, 0.15) is 48.0 Å². The molecular formula is C16H28O3. The van der Waals surface area contributed by atoms with Gasteiger partial charge in [0.15, 0.2) is 0 Å². The average Bonchev–Trinajstić information content (AvgIpc) is 2.33.